The SMILES string of the molecule is CC1(C(F)F)CNCC1C(=O)O. The Balaban J connectivity index is 2.81. The van der Waals surface area contributed by atoms with Gasteiger partial charge in [0.1, 0.15) is 0 Å². The zero-order valence-corrected chi connectivity index (χ0v) is 6.68. The lowest BCUT2D eigenvalue weighted by atomic mass is 9.80. The molecule has 0 aromatic carbocycles. The van der Waals surface area contributed by atoms with Crippen molar-refractivity contribution in [2.45, 2.75) is 13.3 Å². The summed E-state index contributed by atoms with van der Waals surface area (Å²) < 4.78 is 24.9. The van der Waals surface area contributed by atoms with Crippen molar-refractivity contribution in [1.82, 2.24) is 5.32 Å². The highest BCUT2D eigenvalue weighted by Crippen LogP contribution is 2.37. The molecule has 0 saturated carbocycles. The molecule has 0 aromatic rings. The zero-order chi connectivity index (χ0) is 9.35. The molecule has 1 heterocycles. The lowest BCUT2D eigenvalue weighted by Gasteiger charge is -2.26. The van der Waals surface area contributed by atoms with Gasteiger partial charge in [0, 0.05) is 13.1 Å². The first-order chi connectivity index (χ1) is 5.48. The summed E-state index contributed by atoms with van der Waals surface area (Å²) in [6.07, 6.45) is -2.59. The van der Waals surface area contributed by atoms with E-state index in [-0.39, 0.29) is 13.1 Å². The number of rotatable bonds is 2. The van der Waals surface area contributed by atoms with Crippen molar-refractivity contribution in [3.63, 3.8) is 0 Å². The highest BCUT2D eigenvalue weighted by atomic mass is 19.3. The number of carbonyl (C=O) groups is 1. The topological polar surface area (TPSA) is 49.3 Å². The van der Waals surface area contributed by atoms with Crippen LogP contribution in [0.3, 0.4) is 0 Å². The molecule has 70 valence electrons. The van der Waals surface area contributed by atoms with E-state index in [0.717, 1.165) is 0 Å². The summed E-state index contributed by atoms with van der Waals surface area (Å²) in [6, 6.07) is 0. The lowest BCUT2D eigenvalue weighted by Crippen LogP contribution is -2.38. The molecule has 0 bridgehead atoms. The molecule has 2 unspecified atom stereocenters. The summed E-state index contributed by atoms with van der Waals surface area (Å²) >= 11 is 0. The normalized spacial score (nSPS) is 35.8. The van der Waals surface area contributed by atoms with Crippen molar-refractivity contribution in [1.29, 1.82) is 0 Å². The van der Waals surface area contributed by atoms with Crippen LogP contribution in [0.5, 0.6) is 0 Å². The van der Waals surface area contributed by atoms with Crippen LogP contribution in [-0.4, -0.2) is 30.6 Å². The summed E-state index contributed by atoms with van der Waals surface area (Å²) in [7, 11) is 0. The van der Waals surface area contributed by atoms with Gasteiger partial charge in [0.2, 0.25) is 6.43 Å². The number of nitrogens with one attached hydrogen (secondary N) is 1. The molecule has 0 amide bonds. The van der Waals surface area contributed by atoms with Crippen LogP contribution >= 0.6 is 0 Å². The van der Waals surface area contributed by atoms with E-state index in [9.17, 15) is 13.6 Å². The molecule has 2 atom stereocenters. The first-order valence-corrected chi connectivity index (χ1v) is 3.70. The third-order valence-corrected chi connectivity index (χ3v) is 2.45. The maximum Gasteiger partial charge on any atom is 0.308 e. The second-order valence-corrected chi connectivity index (χ2v) is 3.33. The Morgan fingerprint density at radius 2 is 2.33 bits per heavy atom. The maximum atomic E-state index is 12.4. The average molecular weight is 179 g/mol. The zero-order valence-electron chi connectivity index (χ0n) is 6.68. The third kappa shape index (κ3) is 1.29. The molecule has 1 aliphatic heterocycles. The Morgan fingerprint density at radius 1 is 1.75 bits per heavy atom. The van der Waals surface area contributed by atoms with Crippen LogP contribution in [0.1, 0.15) is 6.92 Å². The molecule has 0 radical (unpaired) electrons. The van der Waals surface area contributed by atoms with E-state index < -0.39 is 23.7 Å². The minimum absolute atomic E-state index is 0.0711. The van der Waals surface area contributed by atoms with E-state index >= 15 is 0 Å². The quantitative estimate of drug-likeness (QED) is 0.651. The van der Waals surface area contributed by atoms with Crippen LogP contribution in [0.25, 0.3) is 0 Å². The van der Waals surface area contributed by atoms with Gasteiger partial charge >= 0.3 is 5.97 Å². The molecule has 3 nitrogen and oxygen atoms in total. The van der Waals surface area contributed by atoms with Crippen LogP contribution in [0.4, 0.5) is 8.78 Å². The van der Waals surface area contributed by atoms with Gasteiger partial charge in [0.05, 0.1) is 11.3 Å². The first-order valence-electron chi connectivity index (χ1n) is 3.70. The fourth-order valence-corrected chi connectivity index (χ4v) is 1.44. The standard InChI is InChI=1S/C7H11F2NO2/c1-7(6(8)9)3-10-2-4(7)5(11)12/h4,6,10H,2-3H2,1H3,(H,11,12). The molecule has 12 heavy (non-hydrogen) atoms. The van der Waals surface area contributed by atoms with Gasteiger partial charge in [-0.2, -0.15) is 0 Å². The Bertz CT molecular complexity index is 198. The van der Waals surface area contributed by atoms with Gasteiger partial charge in [-0.3, -0.25) is 4.79 Å². The fourth-order valence-electron chi connectivity index (χ4n) is 1.44. The van der Waals surface area contributed by atoms with Gasteiger partial charge < -0.3 is 10.4 Å². The van der Waals surface area contributed by atoms with Crippen LogP contribution in [0, 0.1) is 11.3 Å². The van der Waals surface area contributed by atoms with Crippen molar-refractivity contribution < 1.29 is 18.7 Å². The summed E-state index contributed by atoms with van der Waals surface area (Å²) in [5.74, 6) is -2.12. The van der Waals surface area contributed by atoms with Crippen LogP contribution in [0.2, 0.25) is 0 Å². The Morgan fingerprint density at radius 3 is 2.67 bits per heavy atom. The molecule has 1 rings (SSSR count). The van der Waals surface area contributed by atoms with Crippen molar-refractivity contribution in [2.24, 2.45) is 11.3 Å². The van der Waals surface area contributed by atoms with Crippen LogP contribution < -0.4 is 5.32 Å². The highest BCUT2D eigenvalue weighted by molar-refractivity contribution is 5.72. The summed E-state index contributed by atoms with van der Waals surface area (Å²) in [5.41, 5.74) is -1.41. The van der Waals surface area contributed by atoms with Crippen LogP contribution in [-0.2, 0) is 4.79 Å². The number of halogens is 2. The van der Waals surface area contributed by atoms with Gasteiger partial charge in [0.15, 0.2) is 0 Å². The van der Waals surface area contributed by atoms with Gasteiger partial charge in [-0.25, -0.2) is 8.78 Å². The van der Waals surface area contributed by atoms with Crippen LogP contribution in [0.15, 0.2) is 0 Å². The molecule has 0 aliphatic carbocycles. The Labute approximate surface area is 68.8 Å². The molecular weight excluding hydrogens is 168 g/mol. The van der Waals surface area contributed by atoms with Crippen molar-refractivity contribution in [3.05, 3.63) is 0 Å². The molecule has 1 saturated heterocycles. The minimum Gasteiger partial charge on any atom is -0.481 e. The highest BCUT2D eigenvalue weighted by Gasteiger charge is 2.49. The Hall–Kier alpha value is -0.710. The predicted octanol–water partition coefficient (Wildman–Crippen LogP) is 0.562. The second-order valence-electron chi connectivity index (χ2n) is 3.33. The van der Waals surface area contributed by atoms with Gasteiger partial charge in [-0.1, -0.05) is 6.92 Å². The van der Waals surface area contributed by atoms with Crippen molar-refractivity contribution in [2.75, 3.05) is 13.1 Å². The van der Waals surface area contributed by atoms with E-state index in [1.54, 1.807) is 0 Å². The number of carboxylic acids is 1. The minimum atomic E-state index is -2.59. The number of hydrogen-bond acceptors (Lipinski definition) is 2. The first kappa shape index (κ1) is 9.38. The van der Waals surface area contributed by atoms with Gasteiger partial charge in [-0.15, -0.1) is 0 Å². The maximum absolute atomic E-state index is 12.4. The summed E-state index contributed by atoms with van der Waals surface area (Å²) in [4.78, 5) is 10.5. The predicted molar refractivity (Wildman–Crippen MR) is 38.1 cm³/mol. The Kier molecular flexibility index (Phi) is 2.32. The lowest BCUT2D eigenvalue weighted by molar-refractivity contribution is -0.148. The van der Waals surface area contributed by atoms with E-state index in [0.29, 0.717) is 0 Å². The average Bonchev–Trinajstić information content (AvgIpc) is 2.32. The summed E-state index contributed by atoms with van der Waals surface area (Å²) in [5, 5.41) is 11.3. The van der Waals surface area contributed by atoms with Gasteiger partial charge in [0.25, 0.3) is 0 Å². The smallest absolute Gasteiger partial charge is 0.308 e. The fraction of sp³-hybridized carbons (Fsp3) is 0.857. The van der Waals surface area contributed by atoms with Gasteiger partial charge in [-0.05, 0) is 0 Å². The third-order valence-electron chi connectivity index (χ3n) is 2.45. The molecule has 1 fully saturated rings. The number of alkyl halides is 2. The number of hydrogen-bond donors (Lipinski definition) is 2. The van der Waals surface area contributed by atoms with Crippen molar-refractivity contribution in [3.8, 4) is 0 Å². The number of aliphatic carboxylic acids is 1. The molecule has 5 heteroatoms. The monoisotopic (exact) mass is 179 g/mol. The molecule has 0 aromatic heterocycles. The number of carboxylic acid groups (broad SMARTS) is 1. The van der Waals surface area contributed by atoms with E-state index in [2.05, 4.69) is 5.32 Å². The second kappa shape index (κ2) is 2.97. The molecule has 1 aliphatic rings. The molecular formula is C7H11F2NO2. The van der Waals surface area contributed by atoms with E-state index in [4.69, 9.17) is 5.11 Å². The summed E-state index contributed by atoms with van der Waals surface area (Å²) in [6.45, 7) is 1.51. The largest absolute Gasteiger partial charge is 0.481 e. The van der Waals surface area contributed by atoms with E-state index in [1.807, 2.05) is 0 Å². The van der Waals surface area contributed by atoms with Crippen molar-refractivity contribution >= 4 is 5.97 Å². The molecule has 0 spiro atoms. The van der Waals surface area contributed by atoms with E-state index in [1.165, 1.54) is 6.92 Å². The molecule has 2 N–H and O–H groups in total.